The first-order valence-corrected chi connectivity index (χ1v) is 4.96. The first-order chi connectivity index (χ1) is 7.23. The van der Waals surface area contributed by atoms with Gasteiger partial charge in [0.25, 0.3) is 5.91 Å². The van der Waals surface area contributed by atoms with Crippen LogP contribution >= 0.6 is 0 Å². The Balaban J connectivity index is 3.98. The molecule has 0 atom stereocenters. The van der Waals surface area contributed by atoms with Gasteiger partial charge in [0.15, 0.2) is 0 Å². The van der Waals surface area contributed by atoms with Gasteiger partial charge in [0.1, 0.15) is 0 Å². The lowest BCUT2D eigenvalue weighted by atomic mass is 10.2. The van der Waals surface area contributed by atoms with Crippen molar-refractivity contribution in [2.45, 2.75) is 44.7 Å². The average molecular weight is 247 g/mol. The largest absolute Gasteiger partial charge is 0.463 e. The van der Waals surface area contributed by atoms with Crippen molar-refractivity contribution < 1.29 is 26.7 Å². The molecule has 1 N–H and O–H groups in total. The van der Waals surface area contributed by atoms with E-state index in [-0.39, 0.29) is 6.54 Å². The Kier molecular flexibility index (Phi) is 5.67. The summed E-state index contributed by atoms with van der Waals surface area (Å²) in [7, 11) is 0. The van der Waals surface area contributed by atoms with E-state index in [1.165, 1.54) is 0 Å². The van der Waals surface area contributed by atoms with Gasteiger partial charge >= 0.3 is 12.1 Å². The predicted molar refractivity (Wildman–Crippen MR) is 48.2 cm³/mol. The fourth-order valence-corrected chi connectivity index (χ4v) is 0.993. The van der Waals surface area contributed by atoms with E-state index in [2.05, 4.69) is 0 Å². The van der Waals surface area contributed by atoms with E-state index in [1.807, 2.05) is 6.92 Å². The van der Waals surface area contributed by atoms with Crippen LogP contribution in [0, 0.1) is 0 Å². The molecule has 0 aromatic carbocycles. The molecule has 0 rings (SSSR count). The van der Waals surface area contributed by atoms with E-state index in [0.29, 0.717) is 12.8 Å². The molecule has 1 amide bonds. The van der Waals surface area contributed by atoms with Gasteiger partial charge in [0.05, 0.1) is 0 Å². The molecule has 0 aliphatic rings. The van der Waals surface area contributed by atoms with Crippen LogP contribution < -0.4 is 5.32 Å². The molecule has 0 saturated heterocycles. The summed E-state index contributed by atoms with van der Waals surface area (Å²) in [5.41, 5.74) is 0. The summed E-state index contributed by atoms with van der Waals surface area (Å²) >= 11 is 0. The molecule has 0 bridgehead atoms. The molecule has 16 heavy (non-hydrogen) atoms. The highest BCUT2D eigenvalue weighted by molar-refractivity contribution is 5.84. The summed E-state index contributed by atoms with van der Waals surface area (Å²) in [5, 5.41) is 1.58. The van der Waals surface area contributed by atoms with Crippen LogP contribution in [0.25, 0.3) is 0 Å². The van der Waals surface area contributed by atoms with Crippen molar-refractivity contribution in [3.63, 3.8) is 0 Å². The lowest BCUT2D eigenvalue weighted by molar-refractivity contribution is -0.269. The number of carbonyl (C=O) groups is 1. The summed E-state index contributed by atoms with van der Waals surface area (Å²) in [6.07, 6.45) is -2.99. The second-order valence-corrected chi connectivity index (χ2v) is 3.39. The van der Waals surface area contributed by atoms with Gasteiger partial charge in [0, 0.05) is 6.54 Å². The van der Waals surface area contributed by atoms with Crippen LogP contribution in [0.3, 0.4) is 0 Å². The van der Waals surface area contributed by atoms with E-state index in [4.69, 9.17) is 0 Å². The molecule has 0 aliphatic carbocycles. The van der Waals surface area contributed by atoms with Crippen LogP contribution in [-0.2, 0) is 4.79 Å². The Morgan fingerprint density at radius 1 is 1.06 bits per heavy atom. The fraction of sp³-hybridized carbons (Fsp3) is 0.889. The number of halogens is 5. The molecular weight excluding hydrogens is 233 g/mol. The molecule has 0 heterocycles. The normalized spacial score (nSPS) is 12.6. The molecule has 96 valence electrons. The molecule has 2 nitrogen and oxygen atoms in total. The standard InChI is InChI=1S/C9H14F5NO/c1-2-3-4-5-6-15-7(16)8(10,11)9(12,13)14/h2-6H2,1H3,(H,15,16). The first-order valence-electron chi connectivity index (χ1n) is 4.96. The van der Waals surface area contributed by atoms with Crippen molar-refractivity contribution in [2.24, 2.45) is 0 Å². The quantitative estimate of drug-likeness (QED) is 0.567. The molecule has 0 radical (unpaired) electrons. The minimum Gasteiger partial charge on any atom is -0.351 e. The van der Waals surface area contributed by atoms with E-state index < -0.39 is 18.0 Å². The van der Waals surface area contributed by atoms with Crippen molar-refractivity contribution in [2.75, 3.05) is 6.54 Å². The van der Waals surface area contributed by atoms with Crippen LogP contribution in [0.2, 0.25) is 0 Å². The molecule has 0 spiro atoms. The summed E-state index contributed by atoms with van der Waals surface area (Å²) in [6.45, 7) is 1.76. The maximum Gasteiger partial charge on any atom is 0.463 e. The van der Waals surface area contributed by atoms with E-state index in [1.54, 1.807) is 5.32 Å². The minimum absolute atomic E-state index is 0.162. The van der Waals surface area contributed by atoms with Crippen molar-refractivity contribution in [1.29, 1.82) is 0 Å². The Morgan fingerprint density at radius 3 is 2.06 bits per heavy atom. The van der Waals surface area contributed by atoms with Crippen LogP contribution in [0.15, 0.2) is 0 Å². The smallest absolute Gasteiger partial charge is 0.351 e. The SMILES string of the molecule is CCCCCCNC(=O)C(F)(F)C(F)(F)F. The number of hydrogen-bond acceptors (Lipinski definition) is 1. The van der Waals surface area contributed by atoms with Gasteiger partial charge in [-0.05, 0) is 6.42 Å². The zero-order valence-electron chi connectivity index (χ0n) is 8.83. The van der Waals surface area contributed by atoms with Crippen LogP contribution in [-0.4, -0.2) is 24.6 Å². The van der Waals surface area contributed by atoms with Gasteiger partial charge in [-0.15, -0.1) is 0 Å². The molecule has 0 aliphatic heterocycles. The number of nitrogens with one attached hydrogen (secondary N) is 1. The third kappa shape index (κ3) is 4.32. The average Bonchev–Trinajstić information content (AvgIpc) is 2.15. The lowest BCUT2D eigenvalue weighted by Gasteiger charge is -2.18. The molecule has 0 fully saturated rings. The predicted octanol–water partition coefficient (Wildman–Crippen LogP) is 2.88. The molecule has 0 saturated carbocycles. The Labute approximate surface area is 90.2 Å². The zero-order chi connectivity index (χ0) is 12.8. The number of unbranched alkanes of at least 4 members (excludes halogenated alkanes) is 3. The number of hydrogen-bond donors (Lipinski definition) is 1. The number of amides is 1. The fourth-order valence-electron chi connectivity index (χ4n) is 0.993. The third-order valence-electron chi connectivity index (χ3n) is 1.96. The van der Waals surface area contributed by atoms with Crippen LogP contribution in [0.1, 0.15) is 32.6 Å². The highest BCUT2D eigenvalue weighted by atomic mass is 19.4. The number of carbonyl (C=O) groups excluding carboxylic acids is 1. The van der Waals surface area contributed by atoms with Gasteiger partial charge in [-0.2, -0.15) is 22.0 Å². The highest BCUT2D eigenvalue weighted by Gasteiger charge is 2.63. The van der Waals surface area contributed by atoms with Crippen molar-refractivity contribution in [3.05, 3.63) is 0 Å². The van der Waals surface area contributed by atoms with Crippen molar-refractivity contribution >= 4 is 5.91 Å². The summed E-state index contributed by atoms with van der Waals surface area (Å²) in [6, 6.07) is 0. The Morgan fingerprint density at radius 2 is 1.62 bits per heavy atom. The van der Waals surface area contributed by atoms with E-state index >= 15 is 0 Å². The van der Waals surface area contributed by atoms with Gasteiger partial charge < -0.3 is 5.32 Å². The number of rotatable bonds is 6. The summed E-state index contributed by atoms with van der Waals surface area (Å²) < 4.78 is 59.8. The van der Waals surface area contributed by atoms with E-state index in [9.17, 15) is 26.7 Å². The molecular formula is C9H14F5NO. The van der Waals surface area contributed by atoms with E-state index in [0.717, 1.165) is 12.8 Å². The molecule has 7 heteroatoms. The lowest BCUT2D eigenvalue weighted by Crippen LogP contribution is -2.50. The van der Waals surface area contributed by atoms with Crippen molar-refractivity contribution in [3.8, 4) is 0 Å². The maximum atomic E-state index is 12.4. The van der Waals surface area contributed by atoms with Crippen LogP contribution in [0.4, 0.5) is 22.0 Å². The maximum absolute atomic E-state index is 12.4. The monoisotopic (exact) mass is 247 g/mol. The minimum atomic E-state index is -5.83. The summed E-state index contributed by atoms with van der Waals surface area (Å²) in [5.74, 6) is -7.59. The molecule has 0 aromatic rings. The van der Waals surface area contributed by atoms with Gasteiger partial charge in [-0.3, -0.25) is 4.79 Å². The zero-order valence-corrected chi connectivity index (χ0v) is 8.83. The second-order valence-electron chi connectivity index (χ2n) is 3.39. The van der Waals surface area contributed by atoms with Gasteiger partial charge in [-0.25, -0.2) is 0 Å². The Hall–Kier alpha value is -0.880. The van der Waals surface area contributed by atoms with Gasteiger partial charge in [-0.1, -0.05) is 26.2 Å². The number of alkyl halides is 5. The molecule has 0 unspecified atom stereocenters. The van der Waals surface area contributed by atoms with Crippen LogP contribution in [0.5, 0.6) is 0 Å². The second kappa shape index (κ2) is 6.00. The van der Waals surface area contributed by atoms with Crippen molar-refractivity contribution in [1.82, 2.24) is 5.32 Å². The first kappa shape index (κ1) is 15.1. The van der Waals surface area contributed by atoms with Gasteiger partial charge in [0.2, 0.25) is 0 Å². The molecule has 0 aromatic heterocycles. The highest BCUT2D eigenvalue weighted by Crippen LogP contribution is 2.35. The topological polar surface area (TPSA) is 29.1 Å². The third-order valence-corrected chi connectivity index (χ3v) is 1.96. The Bertz CT molecular complexity index is 226. The summed E-state index contributed by atoms with van der Waals surface area (Å²) in [4.78, 5) is 10.6.